The van der Waals surface area contributed by atoms with E-state index in [0.29, 0.717) is 6.54 Å². The highest BCUT2D eigenvalue weighted by Crippen LogP contribution is 2.39. The van der Waals surface area contributed by atoms with E-state index in [1.165, 1.54) is 0 Å². The summed E-state index contributed by atoms with van der Waals surface area (Å²) in [5, 5.41) is 1.08. The van der Waals surface area contributed by atoms with E-state index in [0.717, 1.165) is 16.5 Å². The van der Waals surface area contributed by atoms with Crippen LogP contribution in [0.3, 0.4) is 0 Å². The molecule has 0 bridgehead atoms. The lowest BCUT2D eigenvalue weighted by Crippen LogP contribution is -2.56. The predicted octanol–water partition coefficient (Wildman–Crippen LogP) is 0.793. The quantitative estimate of drug-likeness (QED) is 0.827. The van der Waals surface area contributed by atoms with Crippen LogP contribution in [0.15, 0.2) is 30.5 Å². The molecule has 0 aliphatic carbocycles. The molecule has 2 heterocycles. The summed E-state index contributed by atoms with van der Waals surface area (Å²) in [5.41, 5.74) is 7.46. The van der Waals surface area contributed by atoms with Gasteiger partial charge in [0.1, 0.15) is 0 Å². The van der Waals surface area contributed by atoms with Crippen LogP contribution in [0, 0.1) is 0 Å². The molecular formula is C12H14N2O2S. The van der Waals surface area contributed by atoms with Crippen LogP contribution in [0.4, 0.5) is 0 Å². The molecule has 1 aromatic carbocycles. The first kappa shape index (κ1) is 10.8. The van der Waals surface area contributed by atoms with Crippen molar-refractivity contribution < 1.29 is 8.42 Å². The zero-order valence-electron chi connectivity index (χ0n) is 9.31. The van der Waals surface area contributed by atoms with Crippen LogP contribution in [0.5, 0.6) is 0 Å². The highest BCUT2D eigenvalue weighted by Gasteiger charge is 2.49. The van der Waals surface area contributed by atoms with Gasteiger partial charge in [-0.3, -0.25) is 0 Å². The van der Waals surface area contributed by atoms with Gasteiger partial charge in [0.15, 0.2) is 9.84 Å². The fraction of sp³-hybridized carbons (Fsp3) is 0.333. The van der Waals surface area contributed by atoms with E-state index in [1.807, 2.05) is 30.5 Å². The van der Waals surface area contributed by atoms with E-state index in [4.69, 9.17) is 5.73 Å². The number of rotatable bonds is 2. The molecule has 1 aliphatic rings. The normalized spacial score (nSPS) is 21.2. The van der Waals surface area contributed by atoms with Crippen molar-refractivity contribution in [1.82, 2.24) is 4.98 Å². The summed E-state index contributed by atoms with van der Waals surface area (Å²) in [6.45, 7) is 0.369. The van der Waals surface area contributed by atoms with Gasteiger partial charge in [0, 0.05) is 29.1 Å². The van der Waals surface area contributed by atoms with Crippen molar-refractivity contribution >= 4 is 20.7 Å². The first-order chi connectivity index (χ1) is 8.06. The number of nitrogens with two attached hydrogens (primary N) is 1. The molecule has 2 aromatic rings. The second-order valence-corrected chi connectivity index (χ2v) is 6.83. The highest BCUT2D eigenvalue weighted by atomic mass is 32.2. The Labute approximate surface area is 99.7 Å². The van der Waals surface area contributed by atoms with Gasteiger partial charge in [-0.2, -0.15) is 0 Å². The van der Waals surface area contributed by atoms with Gasteiger partial charge < -0.3 is 10.7 Å². The Hall–Kier alpha value is -1.33. The molecule has 3 N–H and O–H groups in total. The summed E-state index contributed by atoms with van der Waals surface area (Å²) in [5.74, 6) is 0.330. The minimum Gasteiger partial charge on any atom is -0.361 e. The summed E-state index contributed by atoms with van der Waals surface area (Å²) in [6, 6.07) is 7.89. The van der Waals surface area contributed by atoms with E-state index in [9.17, 15) is 8.42 Å². The standard InChI is InChI=1S/C12H14N2O2S/c13-6-12(7-17(15,16)8-12)10-5-14-11-4-2-1-3-9(10)11/h1-5,14H,6-8,13H2. The molecule has 0 amide bonds. The monoisotopic (exact) mass is 250 g/mol. The topological polar surface area (TPSA) is 76.0 Å². The second kappa shape index (κ2) is 3.34. The van der Waals surface area contributed by atoms with E-state index in [1.54, 1.807) is 0 Å². The summed E-state index contributed by atoms with van der Waals surface area (Å²) in [7, 11) is -2.89. The Morgan fingerprint density at radius 1 is 1.29 bits per heavy atom. The maximum absolute atomic E-state index is 11.4. The maximum Gasteiger partial charge on any atom is 0.152 e. The molecule has 17 heavy (non-hydrogen) atoms. The van der Waals surface area contributed by atoms with Crippen molar-refractivity contribution in [2.75, 3.05) is 18.1 Å². The third-order valence-corrected chi connectivity index (χ3v) is 5.53. The molecule has 1 saturated heterocycles. The number of hydrogen-bond donors (Lipinski definition) is 2. The van der Waals surface area contributed by atoms with Gasteiger partial charge in [0.2, 0.25) is 0 Å². The van der Waals surface area contributed by atoms with Gasteiger partial charge >= 0.3 is 0 Å². The van der Waals surface area contributed by atoms with E-state index < -0.39 is 15.3 Å². The first-order valence-corrected chi connectivity index (χ1v) is 7.36. The first-order valence-electron chi connectivity index (χ1n) is 5.53. The van der Waals surface area contributed by atoms with Gasteiger partial charge in [0.25, 0.3) is 0 Å². The lowest BCUT2D eigenvalue weighted by Gasteiger charge is -2.40. The fourth-order valence-corrected chi connectivity index (χ4v) is 4.84. The highest BCUT2D eigenvalue weighted by molar-refractivity contribution is 7.93. The van der Waals surface area contributed by atoms with Crippen LogP contribution in [0.1, 0.15) is 5.56 Å². The third kappa shape index (κ3) is 1.50. The van der Waals surface area contributed by atoms with Gasteiger partial charge in [-0.05, 0) is 11.6 Å². The molecular weight excluding hydrogens is 236 g/mol. The van der Waals surface area contributed by atoms with Crippen molar-refractivity contribution in [2.24, 2.45) is 5.73 Å². The number of benzene rings is 1. The van der Waals surface area contributed by atoms with Crippen LogP contribution in [-0.4, -0.2) is 31.5 Å². The average Bonchev–Trinajstić information content (AvgIpc) is 2.69. The van der Waals surface area contributed by atoms with Gasteiger partial charge in [-0.15, -0.1) is 0 Å². The molecule has 5 heteroatoms. The van der Waals surface area contributed by atoms with Crippen molar-refractivity contribution in [3.8, 4) is 0 Å². The number of aromatic nitrogens is 1. The van der Waals surface area contributed by atoms with E-state index in [2.05, 4.69) is 4.98 Å². The lowest BCUT2D eigenvalue weighted by molar-refractivity contribution is 0.468. The Morgan fingerprint density at radius 3 is 2.65 bits per heavy atom. The molecule has 1 aliphatic heterocycles. The maximum atomic E-state index is 11.4. The van der Waals surface area contributed by atoms with Crippen molar-refractivity contribution in [3.05, 3.63) is 36.0 Å². The summed E-state index contributed by atoms with van der Waals surface area (Å²) in [4.78, 5) is 3.17. The summed E-state index contributed by atoms with van der Waals surface area (Å²) in [6.07, 6.45) is 1.90. The Balaban J connectivity index is 2.15. The molecule has 0 unspecified atom stereocenters. The molecule has 3 rings (SSSR count). The molecule has 1 fully saturated rings. The fourth-order valence-electron chi connectivity index (χ4n) is 2.69. The largest absolute Gasteiger partial charge is 0.361 e. The number of sulfone groups is 1. The number of fused-ring (bicyclic) bond motifs is 1. The minimum absolute atomic E-state index is 0.165. The smallest absolute Gasteiger partial charge is 0.152 e. The van der Waals surface area contributed by atoms with E-state index in [-0.39, 0.29) is 11.5 Å². The molecule has 1 aromatic heterocycles. The van der Waals surface area contributed by atoms with Gasteiger partial charge in [0.05, 0.1) is 11.5 Å². The Bertz CT molecular complexity index is 661. The molecule has 0 radical (unpaired) electrons. The van der Waals surface area contributed by atoms with Gasteiger partial charge in [-0.25, -0.2) is 8.42 Å². The van der Waals surface area contributed by atoms with Crippen molar-refractivity contribution in [1.29, 1.82) is 0 Å². The van der Waals surface area contributed by atoms with Crippen molar-refractivity contribution in [3.63, 3.8) is 0 Å². The average molecular weight is 250 g/mol. The third-order valence-electron chi connectivity index (χ3n) is 3.54. The Kier molecular flexibility index (Phi) is 2.12. The van der Waals surface area contributed by atoms with Crippen LogP contribution >= 0.6 is 0 Å². The zero-order valence-corrected chi connectivity index (χ0v) is 10.1. The van der Waals surface area contributed by atoms with Crippen LogP contribution < -0.4 is 5.73 Å². The lowest BCUT2D eigenvalue weighted by atomic mass is 9.83. The number of H-pyrrole nitrogens is 1. The number of nitrogens with one attached hydrogen (secondary N) is 1. The number of para-hydroxylation sites is 1. The second-order valence-electron chi connectivity index (χ2n) is 4.76. The SMILES string of the molecule is NCC1(c2c[nH]c3ccccc23)CS(=O)(=O)C1. The van der Waals surface area contributed by atoms with Crippen molar-refractivity contribution in [2.45, 2.75) is 5.41 Å². The van der Waals surface area contributed by atoms with E-state index >= 15 is 0 Å². The minimum atomic E-state index is -2.89. The summed E-state index contributed by atoms with van der Waals surface area (Å²) < 4.78 is 22.9. The predicted molar refractivity (Wildman–Crippen MR) is 67.7 cm³/mol. The Morgan fingerprint density at radius 2 is 2.00 bits per heavy atom. The molecule has 0 saturated carbocycles. The number of aromatic amines is 1. The molecule has 0 atom stereocenters. The van der Waals surface area contributed by atoms with Gasteiger partial charge in [-0.1, -0.05) is 18.2 Å². The molecule has 90 valence electrons. The van der Waals surface area contributed by atoms with Crippen LogP contribution in [0.25, 0.3) is 10.9 Å². The number of hydrogen-bond acceptors (Lipinski definition) is 3. The summed E-state index contributed by atoms with van der Waals surface area (Å²) >= 11 is 0. The zero-order chi connectivity index (χ0) is 12.1. The molecule has 0 spiro atoms. The van der Waals surface area contributed by atoms with Crippen LogP contribution in [0.2, 0.25) is 0 Å². The molecule has 4 nitrogen and oxygen atoms in total. The van der Waals surface area contributed by atoms with Crippen LogP contribution in [-0.2, 0) is 15.3 Å².